The molecule has 1 aliphatic heterocycles. The van der Waals surface area contributed by atoms with Crippen LogP contribution >= 0.6 is 11.6 Å². The standard InChI is InChI=1S/C17H16ClFN4O2/c1-22-4-2-13(21-22)9-6-11(18)16(19)17-15(9)10-7-23(14(25)8-24)5-3-12(10)20-17/h2,4,6,20,24H,3,5,7-8H2,1H3. The number of carbonyl (C=O) groups excluding carboxylic acids is 1. The van der Waals surface area contributed by atoms with Gasteiger partial charge in [0, 0.05) is 55.0 Å². The van der Waals surface area contributed by atoms with Gasteiger partial charge >= 0.3 is 0 Å². The van der Waals surface area contributed by atoms with Crippen molar-refractivity contribution in [2.75, 3.05) is 13.2 Å². The fraction of sp³-hybridized carbons (Fsp3) is 0.294. The van der Waals surface area contributed by atoms with Crippen LogP contribution in [0.2, 0.25) is 5.02 Å². The van der Waals surface area contributed by atoms with Crippen molar-refractivity contribution in [2.24, 2.45) is 7.05 Å². The van der Waals surface area contributed by atoms with E-state index in [0.29, 0.717) is 36.1 Å². The highest BCUT2D eigenvalue weighted by Crippen LogP contribution is 2.39. The van der Waals surface area contributed by atoms with Crippen molar-refractivity contribution in [2.45, 2.75) is 13.0 Å². The number of carbonyl (C=O) groups is 1. The number of aromatic nitrogens is 3. The first-order chi connectivity index (χ1) is 12.0. The second kappa shape index (κ2) is 5.86. The Morgan fingerprint density at radius 3 is 3.00 bits per heavy atom. The number of hydrogen-bond donors (Lipinski definition) is 2. The van der Waals surface area contributed by atoms with E-state index in [2.05, 4.69) is 10.1 Å². The van der Waals surface area contributed by atoms with Crippen molar-refractivity contribution >= 4 is 28.4 Å². The van der Waals surface area contributed by atoms with Crippen LogP contribution in [-0.4, -0.2) is 43.8 Å². The van der Waals surface area contributed by atoms with Crippen molar-refractivity contribution in [3.8, 4) is 11.3 Å². The molecular weight excluding hydrogens is 347 g/mol. The van der Waals surface area contributed by atoms with Gasteiger partial charge in [-0.3, -0.25) is 9.48 Å². The Kier molecular flexibility index (Phi) is 3.77. The first-order valence-electron chi connectivity index (χ1n) is 7.89. The number of nitrogens with zero attached hydrogens (tertiary/aromatic N) is 3. The molecule has 0 saturated carbocycles. The molecule has 0 spiro atoms. The van der Waals surface area contributed by atoms with Crippen molar-refractivity contribution in [3.63, 3.8) is 0 Å². The maximum atomic E-state index is 14.6. The zero-order valence-electron chi connectivity index (χ0n) is 13.5. The Bertz CT molecular complexity index is 994. The Hall–Kier alpha value is -2.38. The van der Waals surface area contributed by atoms with Crippen molar-refractivity contribution in [1.29, 1.82) is 0 Å². The van der Waals surface area contributed by atoms with Gasteiger partial charge in [0.1, 0.15) is 6.61 Å². The predicted molar refractivity (Wildman–Crippen MR) is 91.7 cm³/mol. The van der Waals surface area contributed by atoms with E-state index in [4.69, 9.17) is 16.7 Å². The second-order valence-corrected chi connectivity index (χ2v) is 6.56. The summed E-state index contributed by atoms with van der Waals surface area (Å²) < 4.78 is 16.3. The molecule has 1 amide bonds. The van der Waals surface area contributed by atoms with Crippen LogP contribution in [0.25, 0.3) is 22.2 Å². The molecule has 2 N–H and O–H groups in total. The van der Waals surface area contributed by atoms with Crippen LogP contribution in [0, 0.1) is 5.82 Å². The van der Waals surface area contributed by atoms with Gasteiger partial charge in [0.2, 0.25) is 5.91 Å². The fourth-order valence-corrected chi connectivity index (χ4v) is 3.62. The zero-order valence-corrected chi connectivity index (χ0v) is 14.3. The molecule has 130 valence electrons. The third-order valence-corrected chi connectivity index (χ3v) is 4.89. The number of nitrogens with one attached hydrogen (secondary N) is 1. The quantitative estimate of drug-likeness (QED) is 0.734. The largest absolute Gasteiger partial charge is 0.387 e. The van der Waals surface area contributed by atoms with E-state index in [-0.39, 0.29) is 10.9 Å². The molecule has 0 atom stereocenters. The molecule has 3 heterocycles. The number of fused-ring (bicyclic) bond motifs is 3. The van der Waals surface area contributed by atoms with Gasteiger partial charge in [-0.05, 0) is 12.1 Å². The molecule has 3 aromatic rings. The number of aliphatic hydroxyl groups is 1. The lowest BCUT2D eigenvalue weighted by molar-refractivity contribution is -0.135. The van der Waals surface area contributed by atoms with Gasteiger partial charge in [-0.2, -0.15) is 5.10 Å². The molecule has 0 bridgehead atoms. The number of hydrogen-bond acceptors (Lipinski definition) is 3. The van der Waals surface area contributed by atoms with Gasteiger partial charge < -0.3 is 15.0 Å². The van der Waals surface area contributed by atoms with Crippen LogP contribution in [0.3, 0.4) is 0 Å². The Morgan fingerprint density at radius 2 is 2.32 bits per heavy atom. The summed E-state index contributed by atoms with van der Waals surface area (Å²) in [6, 6.07) is 3.41. The lowest BCUT2D eigenvalue weighted by Gasteiger charge is -2.26. The number of rotatable bonds is 2. The minimum Gasteiger partial charge on any atom is -0.387 e. The number of halogens is 2. The molecule has 1 aromatic carbocycles. The molecule has 0 aliphatic carbocycles. The summed E-state index contributed by atoms with van der Waals surface area (Å²) in [6.07, 6.45) is 2.37. The van der Waals surface area contributed by atoms with Gasteiger partial charge in [-0.15, -0.1) is 0 Å². The number of H-pyrrole nitrogens is 1. The van der Waals surface area contributed by atoms with E-state index in [1.165, 1.54) is 0 Å². The topological polar surface area (TPSA) is 74.2 Å². The van der Waals surface area contributed by atoms with E-state index >= 15 is 0 Å². The van der Waals surface area contributed by atoms with Crippen molar-refractivity contribution in [1.82, 2.24) is 19.7 Å². The number of aromatic amines is 1. The first kappa shape index (κ1) is 16.1. The molecule has 25 heavy (non-hydrogen) atoms. The van der Waals surface area contributed by atoms with Gasteiger partial charge in [0.05, 0.1) is 16.2 Å². The highest BCUT2D eigenvalue weighted by Gasteiger charge is 2.27. The molecule has 0 saturated heterocycles. The van der Waals surface area contributed by atoms with Crippen LogP contribution in [0.5, 0.6) is 0 Å². The summed E-state index contributed by atoms with van der Waals surface area (Å²) in [6.45, 7) is 0.258. The maximum Gasteiger partial charge on any atom is 0.248 e. The molecule has 2 aromatic heterocycles. The van der Waals surface area contributed by atoms with Crippen LogP contribution in [0.15, 0.2) is 18.3 Å². The maximum absolute atomic E-state index is 14.6. The van der Waals surface area contributed by atoms with Crippen molar-refractivity contribution < 1.29 is 14.3 Å². The normalized spacial score (nSPS) is 14.2. The van der Waals surface area contributed by atoms with E-state index in [1.54, 1.807) is 28.9 Å². The fourth-order valence-electron chi connectivity index (χ4n) is 3.41. The Morgan fingerprint density at radius 1 is 1.52 bits per heavy atom. The minimum absolute atomic E-state index is 0.0232. The summed E-state index contributed by atoms with van der Waals surface area (Å²) in [7, 11) is 1.81. The number of benzene rings is 1. The smallest absolute Gasteiger partial charge is 0.248 e. The third kappa shape index (κ3) is 2.51. The number of amides is 1. The van der Waals surface area contributed by atoms with Gasteiger partial charge in [-0.25, -0.2) is 4.39 Å². The molecular formula is C17H16ClFN4O2. The van der Waals surface area contributed by atoms with Crippen LogP contribution < -0.4 is 0 Å². The van der Waals surface area contributed by atoms with Crippen LogP contribution in [0.1, 0.15) is 11.3 Å². The highest BCUT2D eigenvalue weighted by atomic mass is 35.5. The number of aryl methyl sites for hydroxylation is 1. The molecule has 0 fully saturated rings. The van der Waals surface area contributed by atoms with Gasteiger partial charge in [0.15, 0.2) is 5.82 Å². The monoisotopic (exact) mass is 362 g/mol. The third-order valence-electron chi connectivity index (χ3n) is 4.62. The minimum atomic E-state index is -0.537. The first-order valence-corrected chi connectivity index (χ1v) is 8.27. The van der Waals surface area contributed by atoms with Crippen LogP contribution in [-0.2, 0) is 24.8 Å². The summed E-state index contributed by atoms with van der Waals surface area (Å²) in [5, 5.41) is 14.2. The average molecular weight is 363 g/mol. The molecule has 0 unspecified atom stereocenters. The SMILES string of the molecule is Cn1ccc(-c2cc(Cl)c(F)c3[nH]c4c(c23)CN(C(=O)CO)CC4)n1. The second-order valence-electron chi connectivity index (χ2n) is 6.15. The summed E-state index contributed by atoms with van der Waals surface area (Å²) in [5.41, 5.74) is 3.46. The van der Waals surface area contributed by atoms with Gasteiger partial charge in [0.25, 0.3) is 0 Å². The van der Waals surface area contributed by atoms with E-state index in [1.807, 2.05) is 6.07 Å². The molecule has 4 rings (SSSR count). The molecule has 6 nitrogen and oxygen atoms in total. The van der Waals surface area contributed by atoms with Crippen LogP contribution in [0.4, 0.5) is 4.39 Å². The van der Waals surface area contributed by atoms with E-state index in [0.717, 1.165) is 16.8 Å². The number of aliphatic hydroxyl groups excluding tert-OH is 1. The Balaban J connectivity index is 1.96. The summed E-state index contributed by atoms with van der Waals surface area (Å²) >= 11 is 6.09. The van der Waals surface area contributed by atoms with E-state index in [9.17, 15) is 9.18 Å². The Labute approximate surface area is 147 Å². The van der Waals surface area contributed by atoms with Gasteiger partial charge in [-0.1, -0.05) is 11.6 Å². The summed E-state index contributed by atoms with van der Waals surface area (Å²) in [4.78, 5) is 16.6. The highest BCUT2D eigenvalue weighted by molar-refractivity contribution is 6.32. The average Bonchev–Trinajstić information content (AvgIpc) is 3.20. The molecule has 0 radical (unpaired) electrons. The summed E-state index contributed by atoms with van der Waals surface area (Å²) in [5.74, 6) is -0.848. The van der Waals surface area contributed by atoms with Crippen molar-refractivity contribution in [3.05, 3.63) is 40.4 Å². The lowest BCUT2D eigenvalue weighted by Crippen LogP contribution is -2.37. The van der Waals surface area contributed by atoms with E-state index < -0.39 is 12.4 Å². The zero-order chi connectivity index (χ0) is 17.7. The molecule has 8 heteroatoms. The predicted octanol–water partition coefficient (Wildman–Crippen LogP) is 2.24. The lowest BCUT2D eigenvalue weighted by atomic mass is 9.99. The molecule has 1 aliphatic rings.